The Morgan fingerprint density at radius 2 is 1.84 bits per heavy atom. The Hall–Kier alpha value is -0.940. The van der Waals surface area contributed by atoms with Gasteiger partial charge in [-0.3, -0.25) is 4.99 Å². The van der Waals surface area contributed by atoms with Gasteiger partial charge >= 0.3 is 0 Å². The summed E-state index contributed by atoms with van der Waals surface area (Å²) in [6.07, 6.45) is 7.63. The molecule has 0 saturated heterocycles. The van der Waals surface area contributed by atoms with E-state index in [-0.39, 0.29) is 0 Å². The molecular weight excluding hydrogens is 242 g/mol. The van der Waals surface area contributed by atoms with Gasteiger partial charge in [-0.15, -0.1) is 5.06 Å². The lowest BCUT2D eigenvalue weighted by molar-refractivity contribution is -0.579. The van der Waals surface area contributed by atoms with E-state index in [1.807, 2.05) is 13.8 Å². The highest BCUT2D eigenvalue weighted by Crippen LogP contribution is 2.31. The Bertz CT molecular complexity index is 407. The molecule has 1 heterocycles. The molecule has 5 nitrogen and oxygen atoms in total. The van der Waals surface area contributed by atoms with Crippen LogP contribution in [0.15, 0.2) is 4.99 Å². The molecule has 0 unspecified atom stereocenters. The Labute approximate surface area is 115 Å². The van der Waals surface area contributed by atoms with Gasteiger partial charge in [0.2, 0.25) is 11.4 Å². The molecule has 0 aromatic carbocycles. The van der Waals surface area contributed by atoms with Crippen LogP contribution in [0.1, 0.15) is 59.8 Å². The molecule has 0 bridgehead atoms. The summed E-state index contributed by atoms with van der Waals surface area (Å²) in [6, 6.07) is 0.335. The van der Waals surface area contributed by atoms with Gasteiger partial charge in [-0.2, -0.15) is 4.74 Å². The molecular formula is C14H25N3O2. The van der Waals surface area contributed by atoms with Crippen LogP contribution in [0.5, 0.6) is 0 Å². The number of hydrogen-bond acceptors (Lipinski definition) is 4. The molecule has 2 aliphatic rings. The molecule has 0 spiro atoms. The molecule has 19 heavy (non-hydrogen) atoms. The van der Waals surface area contributed by atoms with E-state index >= 15 is 0 Å². The maximum Gasteiger partial charge on any atom is 0.245 e. The first kappa shape index (κ1) is 14.5. The van der Waals surface area contributed by atoms with Gasteiger partial charge in [0.15, 0.2) is 0 Å². The van der Waals surface area contributed by atoms with Crippen molar-refractivity contribution in [2.24, 2.45) is 4.99 Å². The molecule has 108 valence electrons. The lowest BCUT2D eigenvalue weighted by Gasteiger charge is -2.29. The lowest BCUT2D eigenvalue weighted by atomic mass is 9.95. The van der Waals surface area contributed by atoms with E-state index < -0.39 is 11.2 Å². The van der Waals surface area contributed by atoms with Crippen LogP contribution >= 0.6 is 0 Å². The highest BCUT2D eigenvalue weighted by molar-refractivity contribution is 6.32. The minimum Gasteiger partial charge on any atom is -0.622 e. The van der Waals surface area contributed by atoms with Crippen LogP contribution in [-0.2, 0) is 0 Å². The van der Waals surface area contributed by atoms with Crippen LogP contribution in [0.3, 0.4) is 0 Å². The third-order valence-corrected chi connectivity index (χ3v) is 4.37. The van der Waals surface area contributed by atoms with Gasteiger partial charge in [-0.1, -0.05) is 19.3 Å². The summed E-state index contributed by atoms with van der Waals surface area (Å²) in [6.45, 7) is 7.11. The van der Waals surface area contributed by atoms with Crippen LogP contribution in [0, 0.1) is 5.21 Å². The standard InChI is InChI=1S/C14H25N3O2/c1-13(2)12(16(18)14(3,4)17(13)19)10-15-11-8-6-5-7-9-11/h10-11,19H,5-9H2,1-4H3. The van der Waals surface area contributed by atoms with E-state index in [9.17, 15) is 10.4 Å². The number of hydrogen-bond donors (Lipinski definition) is 1. The van der Waals surface area contributed by atoms with Crippen LogP contribution < -0.4 is 0 Å². The van der Waals surface area contributed by atoms with Crippen molar-refractivity contribution in [3.8, 4) is 0 Å². The van der Waals surface area contributed by atoms with Crippen molar-refractivity contribution in [2.75, 3.05) is 0 Å². The van der Waals surface area contributed by atoms with Crippen molar-refractivity contribution in [3.63, 3.8) is 0 Å². The summed E-state index contributed by atoms with van der Waals surface area (Å²) in [5, 5.41) is 23.6. The number of hydroxylamine groups is 3. The smallest absolute Gasteiger partial charge is 0.245 e. The zero-order valence-corrected chi connectivity index (χ0v) is 12.4. The fourth-order valence-electron chi connectivity index (χ4n) is 3.04. The number of aliphatic imine (C=N–C) groups is 1. The predicted octanol–water partition coefficient (Wildman–Crippen LogP) is 2.56. The van der Waals surface area contributed by atoms with Crippen LogP contribution in [0.25, 0.3) is 0 Å². The summed E-state index contributed by atoms with van der Waals surface area (Å²) >= 11 is 0. The zero-order valence-electron chi connectivity index (χ0n) is 12.4. The van der Waals surface area contributed by atoms with Crippen molar-refractivity contribution >= 4 is 11.9 Å². The third-order valence-electron chi connectivity index (χ3n) is 4.37. The fourth-order valence-corrected chi connectivity index (χ4v) is 3.04. The number of nitrogens with zero attached hydrogens (tertiary/aromatic N) is 3. The Morgan fingerprint density at radius 1 is 1.26 bits per heavy atom. The van der Waals surface area contributed by atoms with Crippen molar-refractivity contribution in [1.29, 1.82) is 0 Å². The predicted molar refractivity (Wildman–Crippen MR) is 75.8 cm³/mol. The van der Waals surface area contributed by atoms with E-state index in [0.29, 0.717) is 11.8 Å². The minimum atomic E-state index is -0.947. The maximum absolute atomic E-state index is 12.3. The third kappa shape index (κ3) is 2.41. The molecule has 1 aliphatic heterocycles. The summed E-state index contributed by atoms with van der Waals surface area (Å²) in [4.78, 5) is 4.57. The van der Waals surface area contributed by atoms with E-state index in [0.717, 1.165) is 22.6 Å². The van der Waals surface area contributed by atoms with Gasteiger partial charge in [0.25, 0.3) is 0 Å². The van der Waals surface area contributed by atoms with Crippen molar-refractivity contribution in [3.05, 3.63) is 5.21 Å². The van der Waals surface area contributed by atoms with Crippen molar-refractivity contribution < 1.29 is 9.95 Å². The molecule has 0 atom stereocenters. The lowest BCUT2D eigenvalue weighted by Crippen LogP contribution is -2.51. The number of rotatable bonds is 2. The van der Waals surface area contributed by atoms with Crippen LogP contribution in [0.2, 0.25) is 0 Å². The van der Waals surface area contributed by atoms with Crippen molar-refractivity contribution in [1.82, 2.24) is 5.06 Å². The highest BCUT2D eigenvalue weighted by atomic mass is 16.6. The van der Waals surface area contributed by atoms with E-state index in [2.05, 4.69) is 4.99 Å². The molecule has 0 aromatic rings. The average Bonchev–Trinajstić information content (AvgIpc) is 2.48. The second kappa shape index (κ2) is 4.87. The normalized spacial score (nSPS) is 28.5. The van der Waals surface area contributed by atoms with Gasteiger partial charge in [0, 0.05) is 13.8 Å². The van der Waals surface area contributed by atoms with Gasteiger partial charge in [-0.25, -0.2) is 0 Å². The first-order chi connectivity index (χ1) is 8.78. The molecule has 0 radical (unpaired) electrons. The average molecular weight is 267 g/mol. The summed E-state index contributed by atoms with van der Waals surface area (Å²) in [7, 11) is 0. The summed E-state index contributed by atoms with van der Waals surface area (Å²) in [5.74, 6) is 0. The van der Waals surface area contributed by atoms with Crippen LogP contribution in [0.4, 0.5) is 0 Å². The van der Waals surface area contributed by atoms with Gasteiger partial charge in [0.05, 0.1) is 12.3 Å². The Balaban J connectivity index is 2.22. The second-order valence-electron chi connectivity index (χ2n) is 6.61. The molecule has 1 fully saturated rings. The van der Waals surface area contributed by atoms with Gasteiger partial charge in [-0.05, 0) is 26.7 Å². The molecule has 0 aromatic heterocycles. The molecule has 1 aliphatic carbocycles. The van der Waals surface area contributed by atoms with Crippen molar-refractivity contribution in [2.45, 2.75) is 77.0 Å². The zero-order chi connectivity index (χ0) is 14.3. The fraction of sp³-hybridized carbons (Fsp3) is 0.857. The quantitative estimate of drug-likeness (QED) is 0.475. The second-order valence-corrected chi connectivity index (χ2v) is 6.61. The van der Waals surface area contributed by atoms with Crippen LogP contribution in [-0.4, -0.2) is 44.2 Å². The molecule has 1 saturated carbocycles. The monoisotopic (exact) mass is 267 g/mol. The topological polar surface area (TPSA) is 61.9 Å². The van der Waals surface area contributed by atoms with E-state index in [1.165, 1.54) is 19.3 Å². The van der Waals surface area contributed by atoms with Gasteiger partial charge in [0.1, 0.15) is 5.54 Å². The Kier molecular flexibility index (Phi) is 3.71. The van der Waals surface area contributed by atoms with E-state index in [4.69, 9.17) is 0 Å². The van der Waals surface area contributed by atoms with Gasteiger partial charge < -0.3 is 10.4 Å². The van der Waals surface area contributed by atoms with E-state index in [1.54, 1.807) is 20.1 Å². The first-order valence-corrected chi connectivity index (χ1v) is 7.15. The SMILES string of the molecule is CC1(C)C(C=NC2CCCCC2)=[N+]([O-])C(C)(C)N1O. The minimum absolute atomic E-state index is 0.335. The largest absolute Gasteiger partial charge is 0.622 e. The molecule has 1 N–H and O–H groups in total. The Morgan fingerprint density at radius 3 is 2.32 bits per heavy atom. The molecule has 0 amide bonds. The molecule has 5 heteroatoms. The summed E-state index contributed by atoms with van der Waals surface area (Å²) < 4.78 is 0.874. The highest BCUT2D eigenvalue weighted by Gasteiger charge is 2.56. The molecule has 2 rings (SSSR count). The first-order valence-electron chi connectivity index (χ1n) is 7.15. The summed E-state index contributed by atoms with van der Waals surface area (Å²) in [5.41, 5.74) is -1.12. The maximum atomic E-state index is 12.3.